The number of H-pyrrole nitrogens is 1. The van der Waals surface area contributed by atoms with Crippen LogP contribution in [0.4, 0.5) is 0 Å². The van der Waals surface area contributed by atoms with Gasteiger partial charge in [0.25, 0.3) is 0 Å². The summed E-state index contributed by atoms with van der Waals surface area (Å²) in [5.74, 6) is 0.00448. The highest BCUT2D eigenvalue weighted by molar-refractivity contribution is 7.92. The van der Waals surface area contributed by atoms with Crippen LogP contribution in [0, 0.1) is 5.92 Å². The summed E-state index contributed by atoms with van der Waals surface area (Å²) >= 11 is 0. The lowest BCUT2D eigenvalue weighted by Gasteiger charge is -2.22. The Kier molecular flexibility index (Phi) is 4.89. The van der Waals surface area contributed by atoms with Crippen LogP contribution in [0.2, 0.25) is 0 Å². The van der Waals surface area contributed by atoms with Gasteiger partial charge in [0.15, 0.2) is 0 Å². The zero-order valence-corrected chi connectivity index (χ0v) is 14.6. The molecule has 2 N–H and O–H groups in total. The smallest absolute Gasteiger partial charge is 0.238 e. The second kappa shape index (κ2) is 6.93. The van der Waals surface area contributed by atoms with Crippen LogP contribution in [0.25, 0.3) is 11.0 Å². The maximum absolute atomic E-state index is 12.6. The van der Waals surface area contributed by atoms with Crippen molar-refractivity contribution in [1.29, 1.82) is 0 Å². The van der Waals surface area contributed by atoms with Gasteiger partial charge < -0.3 is 10.3 Å². The summed E-state index contributed by atoms with van der Waals surface area (Å²) in [5.41, 5.74) is 1.22. The fourth-order valence-electron chi connectivity index (χ4n) is 3.15. The molecule has 1 aliphatic rings. The molecule has 1 aromatic carbocycles. The van der Waals surface area contributed by atoms with Gasteiger partial charge in [-0.1, -0.05) is 31.4 Å². The Labute approximate surface area is 142 Å². The summed E-state index contributed by atoms with van der Waals surface area (Å²) in [6, 6.07) is 7.09. The van der Waals surface area contributed by atoms with Crippen molar-refractivity contribution in [3.05, 3.63) is 24.3 Å². The number of hydrogen-bond acceptors (Lipinski definition) is 4. The third-order valence-corrected chi connectivity index (χ3v) is 6.64. The number of aromatic nitrogens is 2. The second-order valence-electron chi connectivity index (χ2n) is 6.50. The van der Waals surface area contributed by atoms with E-state index in [0.717, 1.165) is 12.8 Å². The lowest BCUT2D eigenvalue weighted by molar-refractivity contribution is -0.120. The summed E-state index contributed by atoms with van der Waals surface area (Å²) in [6.45, 7) is 1.97. The minimum atomic E-state index is -3.83. The zero-order chi connectivity index (χ0) is 17.2. The van der Waals surface area contributed by atoms with E-state index in [4.69, 9.17) is 0 Å². The van der Waals surface area contributed by atoms with Gasteiger partial charge in [0.1, 0.15) is 5.25 Å². The molecule has 1 amide bonds. The molecule has 7 heteroatoms. The molecule has 0 aliphatic heterocycles. The van der Waals surface area contributed by atoms with Gasteiger partial charge in [0.2, 0.25) is 20.9 Å². The topological polar surface area (TPSA) is 91.9 Å². The molecular formula is C17H23N3O3S. The van der Waals surface area contributed by atoms with E-state index in [0.29, 0.717) is 23.5 Å². The molecule has 0 saturated heterocycles. The normalized spacial score (nSPS) is 17.7. The molecular weight excluding hydrogens is 326 g/mol. The quantitative estimate of drug-likeness (QED) is 0.867. The van der Waals surface area contributed by atoms with Crippen LogP contribution in [0.1, 0.15) is 39.0 Å². The number of imidazole rings is 1. The number of amides is 1. The van der Waals surface area contributed by atoms with Gasteiger partial charge in [-0.2, -0.15) is 0 Å². The van der Waals surface area contributed by atoms with E-state index in [1.54, 1.807) is 24.3 Å². The number of nitrogens with one attached hydrogen (secondary N) is 2. The van der Waals surface area contributed by atoms with Crippen molar-refractivity contribution in [2.45, 2.75) is 49.4 Å². The SMILES string of the molecule is C[C@H](C(=O)NCC1CCCCC1)S(=O)(=O)c1nc2ccccc2[nH]1. The fourth-order valence-corrected chi connectivity index (χ4v) is 4.33. The molecule has 0 radical (unpaired) electrons. The first-order chi connectivity index (χ1) is 11.5. The Morgan fingerprint density at radius 1 is 1.29 bits per heavy atom. The average molecular weight is 349 g/mol. The molecule has 130 valence electrons. The number of aromatic amines is 1. The van der Waals surface area contributed by atoms with Crippen LogP contribution in [-0.2, 0) is 14.6 Å². The molecule has 0 unspecified atom stereocenters. The molecule has 3 rings (SSSR count). The molecule has 1 fully saturated rings. The van der Waals surface area contributed by atoms with E-state index in [1.165, 1.54) is 26.2 Å². The average Bonchev–Trinajstić information content (AvgIpc) is 3.05. The number of carbonyl (C=O) groups excluding carboxylic acids is 1. The van der Waals surface area contributed by atoms with E-state index in [2.05, 4.69) is 15.3 Å². The van der Waals surface area contributed by atoms with E-state index in [-0.39, 0.29) is 5.16 Å². The van der Waals surface area contributed by atoms with Crippen LogP contribution < -0.4 is 5.32 Å². The lowest BCUT2D eigenvalue weighted by Crippen LogP contribution is -2.40. The van der Waals surface area contributed by atoms with E-state index >= 15 is 0 Å². The number of hydrogen-bond donors (Lipinski definition) is 2. The Morgan fingerprint density at radius 3 is 2.71 bits per heavy atom. The lowest BCUT2D eigenvalue weighted by atomic mass is 9.89. The van der Waals surface area contributed by atoms with Crippen molar-refractivity contribution < 1.29 is 13.2 Å². The molecule has 0 spiro atoms. The summed E-state index contributed by atoms with van der Waals surface area (Å²) in [5, 5.41) is 1.49. The number of para-hydroxylation sites is 2. The number of fused-ring (bicyclic) bond motifs is 1. The molecule has 1 aromatic heterocycles. The van der Waals surface area contributed by atoms with Crippen molar-refractivity contribution in [2.75, 3.05) is 6.54 Å². The van der Waals surface area contributed by atoms with Gasteiger partial charge in [0, 0.05) is 6.54 Å². The van der Waals surface area contributed by atoms with Crippen LogP contribution in [0.3, 0.4) is 0 Å². The maximum atomic E-state index is 12.6. The third kappa shape index (κ3) is 3.45. The summed E-state index contributed by atoms with van der Waals surface area (Å²) in [6.07, 6.45) is 5.83. The predicted molar refractivity (Wildman–Crippen MR) is 92.3 cm³/mol. The van der Waals surface area contributed by atoms with Crippen molar-refractivity contribution in [1.82, 2.24) is 15.3 Å². The number of benzene rings is 1. The first kappa shape index (κ1) is 17.0. The molecule has 1 atom stereocenters. The zero-order valence-electron chi connectivity index (χ0n) is 13.8. The number of rotatable bonds is 5. The van der Waals surface area contributed by atoms with Crippen LogP contribution >= 0.6 is 0 Å². The highest BCUT2D eigenvalue weighted by Crippen LogP contribution is 2.23. The monoisotopic (exact) mass is 349 g/mol. The van der Waals surface area contributed by atoms with E-state index in [9.17, 15) is 13.2 Å². The highest BCUT2D eigenvalue weighted by atomic mass is 32.2. The molecule has 1 heterocycles. The maximum Gasteiger partial charge on any atom is 0.238 e. The Balaban J connectivity index is 1.69. The summed E-state index contributed by atoms with van der Waals surface area (Å²) in [7, 11) is -3.83. The summed E-state index contributed by atoms with van der Waals surface area (Å²) in [4.78, 5) is 19.2. The van der Waals surface area contributed by atoms with Gasteiger partial charge >= 0.3 is 0 Å². The van der Waals surface area contributed by atoms with Crippen molar-refractivity contribution in [2.24, 2.45) is 5.92 Å². The number of carbonyl (C=O) groups is 1. The fraction of sp³-hybridized carbons (Fsp3) is 0.529. The first-order valence-electron chi connectivity index (χ1n) is 8.45. The molecule has 2 aromatic rings. The molecule has 1 saturated carbocycles. The van der Waals surface area contributed by atoms with Crippen LogP contribution in [0.15, 0.2) is 29.4 Å². The standard InChI is InChI=1S/C17H23N3O3S/c1-12(16(21)18-11-13-7-3-2-4-8-13)24(22,23)17-19-14-9-5-6-10-15(14)20-17/h5-6,9-10,12-13H,2-4,7-8,11H2,1H3,(H,18,21)(H,19,20)/t12-/m1/s1. The van der Waals surface area contributed by atoms with Gasteiger partial charge in [-0.15, -0.1) is 0 Å². The largest absolute Gasteiger partial charge is 0.355 e. The molecule has 6 nitrogen and oxygen atoms in total. The third-order valence-electron chi connectivity index (χ3n) is 4.76. The Hall–Kier alpha value is -1.89. The van der Waals surface area contributed by atoms with E-state index < -0.39 is 21.0 Å². The van der Waals surface area contributed by atoms with Crippen molar-refractivity contribution >= 4 is 26.8 Å². The van der Waals surface area contributed by atoms with Gasteiger partial charge in [-0.3, -0.25) is 4.79 Å². The molecule has 24 heavy (non-hydrogen) atoms. The van der Waals surface area contributed by atoms with Crippen molar-refractivity contribution in [3.8, 4) is 0 Å². The van der Waals surface area contributed by atoms with Gasteiger partial charge in [-0.05, 0) is 37.8 Å². The Morgan fingerprint density at radius 2 is 2.00 bits per heavy atom. The first-order valence-corrected chi connectivity index (χ1v) is 9.99. The van der Waals surface area contributed by atoms with Crippen LogP contribution in [0.5, 0.6) is 0 Å². The van der Waals surface area contributed by atoms with Gasteiger partial charge in [-0.25, -0.2) is 13.4 Å². The number of nitrogens with zero attached hydrogens (tertiary/aromatic N) is 1. The number of sulfone groups is 1. The Bertz CT molecular complexity index is 789. The molecule has 0 bridgehead atoms. The van der Waals surface area contributed by atoms with Crippen LogP contribution in [-0.4, -0.2) is 36.1 Å². The minimum absolute atomic E-state index is 0.149. The highest BCUT2D eigenvalue weighted by Gasteiger charge is 2.32. The van der Waals surface area contributed by atoms with E-state index in [1.807, 2.05) is 0 Å². The molecule has 1 aliphatic carbocycles. The predicted octanol–water partition coefficient (Wildman–Crippen LogP) is 2.42. The second-order valence-corrected chi connectivity index (χ2v) is 8.68. The summed E-state index contributed by atoms with van der Waals surface area (Å²) < 4.78 is 25.3. The van der Waals surface area contributed by atoms with Crippen molar-refractivity contribution in [3.63, 3.8) is 0 Å². The van der Waals surface area contributed by atoms with Gasteiger partial charge in [0.05, 0.1) is 11.0 Å². The minimum Gasteiger partial charge on any atom is -0.355 e.